The average molecular weight is 587 g/mol. The van der Waals surface area contributed by atoms with Crippen LogP contribution in [0.15, 0.2) is 33.4 Å². The third-order valence-corrected chi connectivity index (χ3v) is 7.09. The number of nitrogens with zero attached hydrogens (tertiary/aromatic N) is 3. The number of nitrogens with two attached hydrogens (primary N) is 1. The van der Waals surface area contributed by atoms with E-state index in [1.807, 2.05) is 0 Å². The van der Waals surface area contributed by atoms with Gasteiger partial charge in [-0.15, -0.1) is 0 Å². The molecule has 2 aromatic rings. The molecule has 40 heavy (non-hydrogen) atoms. The molecule has 2 heterocycles. The van der Waals surface area contributed by atoms with Crippen molar-refractivity contribution < 1.29 is 37.0 Å². The molecular weight excluding hydrogens is 553 g/mol. The summed E-state index contributed by atoms with van der Waals surface area (Å²) in [7, 11) is 0. The van der Waals surface area contributed by atoms with Gasteiger partial charge >= 0.3 is 6.18 Å². The number of benzene rings is 1. The summed E-state index contributed by atoms with van der Waals surface area (Å²) < 4.78 is 64.1. The molecule has 1 aliphatic heterocycles. The zero-order chi connectivity index (χ0) is 28.7. The first-order valence-corrected chi connectivity index (χ1v) is 13.6. The largest absolute Gasteiger partial charge is 0.491 e. The van der Waals surface area contributed by atoms with Crippen molar-refractivity contribution in [3.63, 3.8) is 0 Å². The van der Waals surface area contributed by atoms with Crippen molar-refractivity contribution in [1.29, 1.82) is 0 Å². The lowest BCUT2D eigenvalue weighted by molar-refractivity contribution is -0.0919. The third-order valence-electron chi connectivity index (χ3n) is 6.70. The van der Waals surface area contributed by atoms with Gasteiger partial charge in [-0.05, 0) is 25.3 Å². The van der Waals surface area contributed by atoms with Gasteiger partial charge in [0.25, 0.3) is 0 Å². The van der Waals surface area contributed by atoms with E-state index < -0.39 is 23.5 Å². The number of hydrogen-bond donors (Lipinski definition) is 2. The maximum Gasteiger partial charge on any atom is 0.431 e. The van der Waals surface area contributed by atoms with Gasteiger partial charge in [-0.3, -0.25) is 9.89 Å². The maximum atomic E-state index is 13.8. The molecule has 1 atom stereocenters. The highest BCUT2D eigenvalue weighted by atomic mass is 35.5. The highest BCUT2D eigenvalue weighted by molar-refractivity contribution is 6.34. The highest BCUT2D eigenvalue weighted by Gasteiger charge is 2.37. The zero-order valence-electron chi connectivity index (χ0n) is 22.3. The SMILES string of the molecule is CCC(CO)N=C/C(=C(\N)C(F)(F)F)c1onc(-c2cccc(OCCN3CCOCC3)c2Cl)c1COC1CC1. The Morgan fingerprint density at radius 1 is 1.32 bits per heavy atom. The second-order valence-electron chi connectivity index (χ2n) is 9.62. The van der Waals surface area contributed by atoms with Gasteiger partial charge in [0.2, 0.25) is 0 Å². The van der Waals surface area contributed by atoms with Crippen molar-refractivity contribution in [2.75, 3.05) is 46.1 Å². The Bertz CT molecular complexity index is 1190. The van der Waals surface area contributed by atoms with E-state index in [0.717, 1.165) is 32.1 Å². The fourth-order valence-electron chi connectivity index (χ4n) is 4.08. The van der Waals surface area contributed by atoms with Gasteiger partial charge in [0.15, 0.2) is 5.76 Å². The van der Waals surface area contributed by atoms with Gasteiger partial charge in [-0.25, -0.2) is 0 Å². The summed E-state index contributed by atoms with van der Waals surface area (Å²) in [4.78, 5) is 6.33. The van der Waals surface area contributed by atoms with Gasteiger partial charge < -0.3 is 29.6 Å². The minimum absolute atomic E-state index is 0.000785. The summed E-state index contributed by atoms with van der Waals surface area (Å²) in [6.07, 6.45) is -1.76. The van der Waals surface area contributed by atoms with E-state index in [2.05, 4.69) is 15.0 Å². The molecule has 1 aromatic heterocycles. The van der Waals surface area contributed by atoms with Crippen molar-refractivity contribution in [3.8, 4) is 17.0 Å². The predicted molar refractivity (Wildman–Crippen MR) is 144 cm³/mol. The summed E-state index contributed by atoms with van der Waals surface area (Å²) in [5.41, 5.74) is 4.56. The molecule has 1 saturated carbocycles. The number of ether oxygens (including phenoxy) is 3. The van der Waals surface area contributed by atoms with E-state index in [0.29, 0.717) is 44.1 Å². The highest BCUT2D eigenvalue weighted by Crippen LogP contribution is 2.40. The van der Waals surface area contributed by atoms with Gasteiger partial charge in [0.05, 0.1) is 54.7 Å². The normalized spacial score (nSPS) is 18.2. The number of aliphatic imine (C=N–C) groups is 1. The number of hydrogen-bond acceptors (Lipinski definition) is 9. The molecule has 0 radical (unpaired) electrons. The smallest absolute Gasteiger partial charge is 0.431 e. The molecular formula is C27H34ClF3N4O5. The minimum atomic E-state index is -4.87. The van der Waals surface area contributed by atoms with Crippen LogP contribution in [0.2, 0.25) is 5.02 Å². The number of aliphatic hydroxyl groups is 1. The molecule has 9 nitrogen and oxygen atoms in total. The Labute approximate surface area is 235 Å². The maximum absolute atomic E-state index is 13.8. The number of halogens is 4. The van der Waals surface area contributed by atoms with E-state index in [1.54, 1.807) is 25.1 Å². The minimum Gasteiger partial charge on any atom is -0.491 e. The number of morpholine rings is 1. The van der Waals surface area contributed by atoms with Crippen molar-refractivity contribution in [3.05, 3.63) is 40.2 Å². The molecule has 2 fully saturated rings. The summed E-state index contributed by atoms with van der Waals surface area (Å²) in [6.45, 7) is 5.42. The van der Waals surface area contributed by atoms with Crippen LogP contribution in [0.5, 0.6) is 5.75 Å². The Morgan fingerprint density at radius 3 is 2.73 bits per heavy atom. The first-order valence-electron chi connectivity index (χ1n) is 13.3. The van der Waals surface area contributed by atoms with Crippen LogP contribution in [0.1, 0.15) is 37.5 Å². The fourth-order valence-corrected chi connectivity index (χ4v) is 4.35. The first kappa shape index (κ1) is 30.3. The van der Waals surface area contributed by atoms with Crippen molar-refractivity contribution in [2.24, 2.45) is 10.7 Å². The first-order chi connectivity index (χ1) is 19.2. The van der Waals surface area contributed by atoms with Gasteiger partial charge in [0.1, 0.15) is 23.7 Å². The van der Waals surface area contributed by atoms with Crippen LogP contribution in [0.3, 0.4) is 0 Å². The summed E-state index contributed by atoms with van der Waals surface area (Å²) in [6, 6.07) is 4.51. The molecule has 0 bridgehead atoms. The Morgan fingerprint density at radius 2 is 2.08 bits per heavy atom. The standard InChI is InChI=1S/C27H34ClF3N4O5/c1-2-17(15-36)33-14-20(26(32)27(29,30)31)25-21(16-39-18-6-7-18)24(34-40-25)19-4-3-5-22(23(19)28)38-13-10-35-8-11-37-12-9-35/h3-5,14,17-18,36H,2,6-13,15-16,32H2,1H3/b26-20+,33-14?. The van der Waals surface area contributed by atoms with E-state index in [9.17, 15) is 18.3 Å². The monoisotopic (exact) mass is 586 g/mol. The van der Waals surface area contributed by atoms with Crippen molar-refractivity contribution in [1.82, 2.24) is 10.1 Å². The predicted octanol–water partition coefficient (Wildman–Crippen LogP) is 4.46. The molecule has 1 aromatic carbocycles. The molecule has 13 heteroatoms. The number of rotatable bonds is 13. The van der Waals surface area contributed by atoms with Crippen LogP contribution in [0.25, 0.3) is 16.8 Å². The van der Waals surface area contributed by atoms with E-state index >= 15 is 0 Å². The zero-order valence-corrected chi connectivity index (χ0v) is 23.0. The molecule has 2 aliphatic rings. The second-order valence-corrected chi connectivity index (χ2v) is 10.00. The quantitative estimate of drug-likeness (QED) is 0.331. The molecule has 220 valence electrons. The van der Waals surface area contributed by atoms with E-state index in [-0.39, 0.29) is 41.4 Å². The van der Waals surface area contributed by atoms with Crippen LogP contribution in [-0.4, -0.2) is 85.8 Å². The Hall–Kier alpha value is -2.64. The van der Waals surface area contributed by atoms with Gasteiger partial charge in [0, 0.05) is 31.4 Å². The van der Waals surface area contributed by atoms with Crippen molar-refractivity contribution in [2.45, 2.75) is 51.1 Å². The lowest BCUT2D eigenvalue weighted by atomic mass is 10.0. The number of alkyl halides is 3. The van der Waals surface area contributed by atoms with Crippen LogP contribution < -0.4 is 10.5 Å². The number of aliphatic hydroxyl groups excluding tert-OH is 1. The summed E-state index contributed by atoms with van der Waals surface area (Å²) in [5, 5.41) is 13.8. The van der Waals surface area contributed by atoms with Crippen LogP contribution >= 0.6 is 11.6 Å². The van der Waals surface area contributed by atoms with E-state index in [4.69, 9.17) is 36.1 Å². The number of aromatic nitrogens is 1. The van der Waals surface area contributed by atoms with Crippen molar-refractivity contribution >= 4 is 23.4 Å². The van der Waals surface area contributed by atoms with Crippen LogP contribution in [0, 0.1) is 0 Å². The van der Waals surface area contributed by atoms with Gasteiger partial charge in [-0.2, -0.15) is 13.2 Å². The fraction of sp³-hybridized carbons (Fsp3) is 0.556. The Kier molecular flexibility index (Phi) is 10.5. The van der Waals surface area contributed by atoms with Crippen LogP contribution in [-0.2, 0) is 16.1 Å². The van der Waals surface area contributed by atoms with Gasteiger partial charge in [-0.1, -0.05) is 35.8 Å². The van der Waals surface area contributed by atoms with E-state index in [1.165, 1.54) is 0 Å². The molecule has 0 spiro atoms. The molecule has 1 saturated heterocycles. The molecule has 1 aliphatic carbocycles. The number of allylic oxidation sites excluding steroid dienone is 2. The Balaban J connectivity index is 1.69. The third kappa shape index (κ3) is 7.76. The molecule has 4 rings (SSSR count). The molecule has 1 unspecified atom stereocenters. The lowest BCUT2D eigenvalue weighted by Gasteiger charge is -2.26. The summed E-state index contributed by atoms with van der Waals surface area (Å²) in [5.74, 6) is 0.184. The van der Waals surface area contributed by atoms with Crippen LogP contribution in [0.4, 0.5) is 13.2 Å². The lowest BCUT2D eigenvalue weighted by Crippen LogP contribution is -2.38. The molecule has 0 amide bonds. The average Bonchev–Trinajstić information content (AvgIpc) is 3.69. The molecule has 3 N–H and O–H groups in total. The second kappa shape index (κ2) is 13.8. The topological polar surface area (TPSA) is 116 Å². The summed E-state index contributed by atoms with van der Waals surface area (Å²) >= 11 is 6.72.